The minimum atomic E-state index is 0.306. The molecule has 2 aromatic heterocycles. The summed E-state index contributed by atoms with van der Waals surface area (Å²) in [4.78, 5) is 4.57. The van der Waals surface area contributed by atoms with Crippen LogP contribution in [0, 0.1) is 0 Å². The van der Waals surface area contributed by atoms with E-state index in [1.165, 1.54) is 4.70 Å². The first-order valence-corrected chi connectivity index (χ1v) is 7.95. The summed E-state index contributed by atoms with van der Waals surface area (Å²) in [5.41, 5.74) is 1.99. The van der Waals surface area contributed by atoms with E-state index in [2.05, 4.69) is 21.5 Å². The van der Waals surface area contributed by atoms with Crippen molar-refractivity contribution in [1.82, 2.24) is 14.8 Å². The number of benzene rings is 1. The molecule has 4 rings (SSSR count). The van der Waals surface area contributed by atoms with Crippen LogP contribution in [0.3, 0.4) is 0 Å². The van der Waals surface area contributed by atoms with Crippen LogP contribution in [0.25, 0.3) is 10.2 Å². The van der Waals surface area contributed by atoms with Gasteiger partial charge in [-0.2, -0.15) is 5.10 Å². The smallest absolute Gasteiger partial charge is 0.188 e. The second-order valence-corrected chi connectivity index (χ2v) is 6.23. The summed E-state index contributed by atoms with van der Waals surface area (Å²) in [5, 5.41) is 8.60. The Bertz CT molecular complexity index is 712. The third-order valence-electron chi connectivity index (χ3n) is 3.59. The summed E-state index contributed by atoms with van der Waals surface area (Å²) < 4.78 is 8.76. The number of rotatable bonds is 4. The molecule has 0 unspecified atom stereocenters. The van der Waals surface area contributed by atoms with Crippen LogP contribution in [0.4, 0.5) is 10.8 Å². The molecule has 0 amide bonds. The Labute approximate surface area is 126 Å². The lowest BCUT2D eigenvalue weighted by Gasteiger charge is -2.08. The number of nitrogens with zero attached hydrogens (tertiary/aromatic N) is 3. The van der Waals surface area contributed by atoms with Crippen LogP contribution in [0.15, 0.2) is 36.7 Å². The molecule has 1 atom stereocenters. The SMILES string of the molecule is c1ccc2sc(Nc3cnn(C[C@H]4CCCO4)c3)nc2c1. The topological polar surface area (TPSA) is 52.0 Å². The van der Waals surface area contributed by atoms with E-state index in [1.807, 2.05) is 35.3 Å². The minimum absolute atomic E-state index is 0.306. The largest absolute Gasteiger partial charge is 0.376 e. The fourth-order valence-corrected chi connectivity index (χ4v) is 3.46. The molecule has 21 heavy (non-hydrogen) atoms. The fourth-order valence-electron chi connectivity index (χ4n) is 2.57. The number of aromatic nitrogens is 3. The summed E-state index contributed by atoms with van der Waals surface area (Å²) in [7, 11) is 0. The number of para-hydroxylation sites is 1. The van der Waals surface area contributed by atoms with Crippen molar-refractivity contribution in [3.8, 4) is 0 Å². The summed E-state index contributed by atoms with van der Waals surface area (Å²) in [6.07, 6.45) is 6.43. The van der Waals surface area contributed by atoms with E-state index in [4.69, 9.17) is 4.74 Å². The van der Waals surface area contributed by atoms with E-state index in [-0.39, 0.29) is 0 Å². The maximum Gasteiger partial charge on any atom is 0.188 e. The second kappa shape index (κ2) is 5.46. The van der Waals surface area contributed by atoms with Crippen molar-refractivity contribution >= 4 is 32.4 Å². The van der Waals surface area contributed by atoms with Crippen molar-refractivity contribution in [2.24, 2.45) is 0 Å². The molecule has 5 nitrogen and oxygen atoms in total. The number of anilines is 2. The molecule has 1 aromatic carbocycles. The first kappa shape index (κ1) is 12.8. The van der Waals surface area contributed by atoms with E-state index in [1.54, 1.807) is 11.3 Å². The monoisotopic (exact) mass is 300 g/mol. The number of thiazole rings is 1. The zero-order chi connectivity index (χ0) is 14.1. The molecule has 0 saturated carbocycles. The molecule has 0 aliphatic carbocycles. The minimum Gasteiger partial charge on any atom is -0.376 e. The van der Waals surface area contributed by atoms with Crippen LogP contribution in [0.2, 0.25) is 0 Å². The Morgan fingerprint density at radius 3 is 3.19 bits per heavy atom. The molecule has 108 valence electrons. The van der Waals surface area contributed by atoms with Gasteiger partial charge in [-0.05, 0) is 25.0 Å². The Morgan fingerprint density at radius 1 is 1.38 bits per heavy atom. The lowest BCUT2D eigenvalue weighted by molar-refractivity contribution is 0.0940. The van der Waals surface area contributed by atoms with Crippen LogP contribution in [0.1, 0.15) is 12.8 Å². The molecule has 1 aliphatic heterocycles. The van der Waals surface area contributed by atoms with Crippen LogP contribution >= 0.6 is 11.3 Å². The van der Waals surface area contributed by atoms with Gasteiger partial charge in [-0.15, -0.1) is 0 Å². The lowest BCUT2D eigenvalue weighted by Crippen LogP contribution is -2.15. The van der Waals surface area contributed by atoms with Gasteiger partial charge in [0, 0.05) is 12.8 Å². The average Bonchev–Trinajstić information content (AvgIpc) is 3.20. The van der Waals surface area contributed by atoms with Gasteiger partial charge in [0.15, 0.2) is 5.13 Å². The molecule has 1 fully saturated rings. The van der Waals surface area contributed by atoms with E-state index in [0.717, 1.165) is 42.3 Å². The van der Waals surface area contributed by atoms with E-state index < -0.39 is 0 Å². The van der Waals surface area contributed by atoms with Crippen molar-refractivity contribution in [1.29, 1.82) is 0 Å². The molecule has 0 spiro atoms. The van der Waals surface area contributed by atoms with Crippen LogP contribution in [-0.2, 0) is 11.3 Å². The molecule has 3 aromatic rings. The molecular formula is C15H16N4OS. The summed E-state index contributed by atoms with van der Waals surface area (Å²) in [6.45, 7) is 1.70. The number of fused-ring (bicyclic) bond motifs is 1. The highest BCUT2D eigenvalue weighted by atomic mass is 32.1. The van der Waals surface area contributed by atoms with Crippen molar-refractivity contribution in [3.63, 3.8) is 0 Å². The summed E-state index contributed by atoms with van der Waals surface area (Å²) in [5.74, 6) is 0. The molecular weight excluding hydrogens is 284 g/mol. The zero-order valence-corrected chi connectivity index (χ0v) is 12.3. The van der Waals surface area contributed by atoms with Gasteiger partial charge in [0.1, 0.15) is 0 Å². The van der Waals surface area contributed by atoms with Crippen molar-refractivity contribution in [2.75, 3.05) is 11.9 Å². The normalized spacial score (nSPS) is 18.4. The second-order valence-electron chi connectivity index (χ2n) is 5.20. The average molecular weight is 300 g/mol. The first-order valence-electron chi connectivity index (χ1n) is 7.13. The Morgan fingerprint density at radius 2 is 2.33 bits per heavy atom. The van der Waals surface area contributed by atoms with E-state index in [9.17, 15) is 0 Å². The molecule has 1 N–H and O–H groups in total. The van der Waals surface area contributed by atoms with E-state index in [0.29, 0.717) is 6.10 Å². The van der Waals surface area contributed by atoms with Gasteiger partial charge in [-0.25, -0.2) is 4.98 Å². The van der Waals surface area contributed by atoms with Gasteiger partial charge in [0.2, 0.25) is 0 Å². The van der Waals surface area contributed by atoms with Crippen LogP contribution in [-0.4, -0.2) is 27.5 Å². The van der Waals surface area contributed by atoms with Gasteiger partial charge in [-0.3, -0.25) is 4.68 Å². The van der Waals surface area contributed by atoms with Crippen molar-refractivity contribution in [2.45, 2.75) is 25.5 Å². The van der Waals surface area contributed by atoms with Crippen molar-refractivity contribution < 1.29 is 4.74 Å². The molecule has 1 aliphatic rings. The molecule has 0 bridgehead atoms. The van der Waals surface area contributed by atoms with Gasteiger partial charge in [-0.1, -0.05) is 23.5 Å². The number of nitrogens with one attached hydrogen (secondary N) is 1. The standard InChI is InChI=1S/C15H16N4OS/c1-2-6-14-13(5-1)18-15(21-14)17-11-8-16-19(9-11)10-12-4-3-7-20-12/h1-2,5-6,8-9,12H,3-4,7,10H2,(H,17,18)/t12-/m1/s1. The highest BCUT2D eigenvalue weighted by molar-refractivity contribution is 7.22. The predicted molar refractivity (Wildman–Crippen MR) is 84.1 cm³/mol. The molecule has 3 heterocycles. The molecule has 0 radical (unpaired) electrons. The zero-order valence-electron chi connectivity index (χ0n) is 11.5. The number of hydrogen-bond acceptors (Lipinski definition) is 5. The summed E-state index contributed by atoms with van der Waals surface area (Å²) >= 11 is 1.65. The van der Waals surface area contributed by atoms with Crippen LogP contribution < -0.4 is 5.32 Å². The molecule has 6 heteroatoms. The first-order chi connectivity index (χ1) is 10.4. The fraction of sp³-hybridized carbons (Fsp3) is 0.333. The van der Waals surface area contributed by atoms with Gasteiger partial charge >= 0.3 is 0 Å². The van der Waals surface area contributed by atoms with Gasteiger partial charge in [0.25, 0.3) is 0 Å². The number of hydrogen-bond donors (Lipinski definition) is 1. The quantitative estimate of drug-likeness (QED) is 0.802. The number of ether oxygens (including phenoxy) is 1. The van der Waals surface area contributed by atoms with Crippen molar-refractivity contribution in [3.05, 3.63) is 36.7 Å². The molecule has 1 saturated heterocycles. The Balaban J connectivity index is 1.47. The third-order valence-corrected chi connectivity index (χ3v) is 4.54. The predicted octanol–water partition coefficient (Wildman–Crippen LogP) is 3.42. The maximum atomic E-state index is 5.63. The highest BCUT2D eigenvalue weighted by Gasteiger charge is 2.16. The Hall–Kier alpha value is -1.92. The maximum absolute atomic E-state index is 5.63. The van der Waals surface area contributed by atoms with Gasteiger partial charge < -0.3 is 10.1 Å². The summed E-state index contributed by atoms with van der Waals surface area (Å²) in [6, 6.07) is 8.15. The lowest BCUT2D eigenvalue weighted by atomic mass is 10.2. The highest BCUT2D eigenvalue weighted by Crippen LogP contribution is 2.27. The van der Waals surface area contributed by atoms with E-state index >= 15 is 0 Å². The third kappa shape index (κ3) is 2.77. The Kier molecular flexibility index (Phi) is 3.33. The van der Waals surface area contributed by atoms with Crippen LogP contribution in [0.5, 0.6) is 0 Å². The van der Waals surface area contributed by atoms with Gasteiger partial charge in [0.05, 0.1) is 34.7 Å².